The summed E-state index contributed by atoms with van der Waals surface area (Å²) in [5, 5.41) is 2.79. The van der Waals surface area contributed by atoms with Crippen LogP contribution in [0.25, 0.3) is 0 Å². The number of morpholine rings is 1. The lowest BCUT2D eigenvalue weighted by Crippen LogP contribution is -2.65. The molecular formula is C36H42FN3O5. The lowest BCUT2D eigenvalue weighted by Gasteiger charge is -2.45. The molecule has 0 aliphatic carbocycles. The van der Waals surface area contributed by atoms with Crippen LogP contribution in [0.5, 0.6) is 5.75 Å². The maximum absolute atomic E-state index is 14.5. The summed E-state index contributed by atoms with van der Waals surface area (Å²) < 4.78 is 26.7. The highest BCUT2D eigenvalue weighted by Gasteiger charge is 2.48. The van der Waals surface area contributed by atoms with Crippen LogP contribution in [0.1, 0.15) is 49.8 Å². The van der Waals surface area contributed by atoms with Gasteiger partial charge in [-0.1, -0.05) is 66.7 Å². The molecule has 1 N–H and O–H groups in total. The fraction of sp³-hybridized carbons (Fsp3) is 0.417. The average Bonchev–Trinajstić information content (AvgIpc) is 3.03. The molecule has 2 aliphatic rings. The molecular weight excluding hydrogens is 573 g/mol. The summed E-state index contributed by atoms with van der Waals surface area (Å²) in [5.74, 6) is -0.592. The molecule has 238 valence electrons. The minimum Gasteiger partial charge on any atom is -0.491 e. The Morgan fingerprint density at radius 3 is 2.47 bits per heavy atom. The number of amides is 3. The van der Waals surface area contributed by atoms with Crippen LogP contribution in [0.3, 0.4) is 0 Å². The summed E-state index contributed by atoms with van der Waals surface area (Å²) in [6.45, 7) is 4.85. The molecule has 0 aromatic heterocycles. The number of hydrogen-bond donors (Lipinski definition) is 1. The number of carbonyl (C=O) groups is 3. The first-order valence-corrected chi connectivity index (χ1v) is 15.7. The zero-order chi connectivity index (χ0) is 31.9. The minimum atomic E-state index is -1.28. The van der Waals surface area contributed by atoms with Crippen LogP contribution in [0.2, 0.25) is 0 Å². The Labute approximate surface area is 264 Å². The first-order valence-electron chi connectivity index (χ1n) is 15.7. The van der Waals surface area contributed by atoms with Crippen molar-refractivity contribution >= 4 is 17.7 Å². The lowest BCUT2D eigenvalue weighted by molar-refractivity contribution is -0.179. The molecule has 45 heavy (non-hydrogen) atoms. The molecule has 0 radical (unpaired) electrons. The van der Waals surface area contributed by atoms with E-state index in [0.29, 0.717) is 32.5 Å². The Bertz CT molecular complexity index is 1500. The fourth-order valence-corrected chi connectivity index (χ4v) is 6.19. The van der Waals surface area contributed by atoms with Crippen molar-refractivity contribution in [2.24, 2.45) is 0 Å². The van der Waals surface area contributed by atoms with Crippen LogP contribution in [-0.4, -0.2) is 71.5 Å². The molecule has 1 atom stereocenters. The maximum Gasteiger partial charge on any atom is 0.257 e. The Kier molecular flexibility index (Phi) is 10.2. The van der Waals surface area contributed by atoms with E-state index in [2.05, 4.69) is 11.4 Å². The number of benzene rings is 3. The van der Waals surface area contributed by atoms with Crippen molar-refractivity contribution in [3.8, 4) is 5.75 Å². The van der Waals surface area contributed by atoms with E-state index < -0.39 is 22.9 Å². The van der Waals surface area contributed by atoms with Crippen LogP contribution in [0.15, 0.2) is 78.9 Å². The molecule has 9 heteroatoms. The second-order valence-electron chi connectivity index (χ2n) is 12.4. The van der Waals surface area contributed by atoms with Gasteiger partial charge >= 0.3 is 0 Å². The third kappa shape index (κ3) is 7.89. The van der Waals surface area contributed by atoms with Crippen molar-refractivity contribution in [2.45, 2.75) is 63.6 Å². The van der Waals surface area contributed by atoms with E-state index in [1.54, 1.807) is 41.8 Å². The number of hydrogen-bond acceptors (Lipinski definition) is 5. The molecule has 1 unspecified atom stereocenters. The van der Waals surface area contributed by atoms with Gasteiger partial charge in [-0.05, 0) is 68.4 Å². The van der Waals surface area contributed by atoms with E-state index in [1.807, 2.05) is 48.5 Å². The zero-order valence-electron chi connectivity index (χ0n) is 26.1. The molecule has 2 heterocycles. The zero-order valence-corrected chi connectivity index (χ0v) is 26.1. The van der Waals surface area contributed by atoms with Gasteiger partial charge in [-0.25, -0.2) is 4.39 Å². The molecule has 1 spiro atoms. The number of aryl methyl sites for hydroxylation is 1. The van der Waals surface area contributed by atoms with Gasteiger partial charge in [-0.2, -0.15) is 0 Å². The van der Waals surface area contributed by atoms with Crippen LogP contribution in [-0.2, 0) is 38.5 Å². The predicted molar refractivity (Wildman–Crippen MR) is 169 cm³/mol. The monoisotopic (exact) mass is 615 g/mol. The van der Waals surface area contributed by atoms with Gasteiger partial charge in [0.05, 0.1) is 26.1 Å². The topological polar surface area (TPSA) is 88.2 Å². The van der Waals surface area contributed by atoms with Crippen molar-refractivity contribution in [3.63, 3.8) is 0 Å². The number of nitrogens with one attached hydrogen (secondary N) is 1. The van der Waals surface area contributed by atoms with Crippen LogP contribution >= 0.6 is 0 Å². The summed E-state index contributed by atoms with van der Waals surface area (Å²) in [5.41, 5.74) is -0.156. The predicted octanol–water partition coefficient (Wildman–Crippen LogP) is 4.69. The number of halogens is 1. The molecule has 3 amide bonds. The molecule has 1 saturated heterocycles. The van der Waals surface area contributed by atoms with Gasteiger partial charge in [0.15, 0.2) is 5.60 Å². The molecule has 3 aromatic rings. The molecule has 0 bridgehead atoms. The standard InChI is InChI=1S/C36H42FN3O5/c1-35(2,38-32(41)24-29-16-6-8-17-30(29)37)33(42)40-21-23-45-36(26-40)19-11-10-15-28-14-7-9-18-31(28)44-22-20-39(34(36)43)25-27-12-4-3-5-13-27/h3-9,12-14,16-18H,10-11,15,19-26H2,1-2H3,(H,38,41). The summed E-state index contributed by atoms with van der Waals surface area (Å²) in [4.78, 5) is 44.7. The van der Waals surface area contributed by atoms with Crippen molar-refractivity contribution in [1.29, 1.82) is 0 Å². The average molecular weight is 616 g/mol. The molecule has 1 fully saturated rings. The summed E-state index contributed by atoms with van der Waals surface area (Å²) in [6.07, 6.45) is 2.60. The molecule has 2 aliphatic heterocycles. The quantitative estimate of drug-likeness (QED) is 0.435. The SMILES string of the molecule is CC(C)(NC(=O)Cc1ccccc1F)C(=O)N1CCOC2(CCCCc3ccccc3OCCN(Cc3ccccc3)C2=O)C1. The van der Waals surface area contributed by atoms with Crippen molar-refractivity contribution in [1.82, 2.24) is 15.1 Å². The van der Waals surface area contributed by atoms with Gasteiger partial charge in [0.25, 0.3) is 5.91 Å². The summed E-state index contributed by atoms with van der Waals surface area (Å²) >= 11 is 0. The largest absolute Gasteiger partial charge is 0.491 e. The van der Waals surface area contributed by atoms with Crippen molar-refractivity contribution in [3.05, 3.63) is 101 Å². The Morgan fingerprint density at radius 2 is 1.67 bits per heavy atom. The minimum absolute atomic E-state index is 0.0695. The Hall–Kier alpha value is -4.24. The normalized spacial score (nSPS) is 19.6. The number of rotatable bonds is 6. The van der Waals surface area contributed by atoms with Gasteiger partial charge in [-0.3, -0.25) is 14.4 Å². The van der Waals surface area contributed by atoms with Gasteiger partial charge < -0.3 is 24.6 Å². The van der Waals surface area contributed by atoms with E-state index in [1.165, 1.54) is 6.07 Å². The summed E-state index contributed by atoms with van der Waals surface area (Å²) in [7, 11) is 0. The highest BCUT2D eigenvalue weighted by Crippen LogP contribution is 2.31. The smallest absolute Gasteiger partial charge is 0.257 e. The number of fused-ring (bicyclic) bond motifs is 1. The number of para-hydroxylation sites is 1. The first-order chi connectivity index (χ1) is 21.7. The van der Waals surface area contributed by atoms with E-state index in [-0.39, 0.29) is 43.5 Å². The van der Waals surface area contributed by atoms with E-state index in [0.717, 1.165) is 29.7 Å². The second-order valence-corrected chi connectivity index (χ2v) is 12.4. The van der Waals surface area contributed by atoms with Gasteiger partial charge in [0.1, 0.15) is 23.7 Å². The van der Waals surface area contributed by atoms with E-state index >= 15 is 0 Å². The number of carbonyl (C=O) groups excluding carboxylic acids is 3. The van der Waals surface area contributed by atoms with Crippen LogP contribution in [0.4, 0.5) is 4.39 Å². The van der Waals surface area contributed by atoms with E-state index in [4.69, 9.17) is 9.47 Å². The molecule has 3 aromatic carbocycles. The van der Waals surface area contributed by atoms with Crippen molar-refractivity contribution < 1.29 is 28.2 Å². The van der Waals surface area contributed by atoms with Gasteiger partial charge in [0.2, 0.25) is 11.8 Å². The first kappa shape index (κ1) is 32.2. The lowest BCUT2D eigenvalue weighted by atomic mass is 9.90. The second kappa shape index (κ2) is 14.2. The number of ether oxygens (including phenoxy) is 2. The third-order valence-corrected chi connectivity index (χ3v) is 8.53. The third-order valence-electron chi connectivity index (χ3n) is 8.53. The summed E-state index contributed by atoms with van der Waals surface area (Å²) in [6, 6.07) is 23.9. The number of nitrogens with zero attached hydrogens (tertiary/aromatic N) is 2. The Morgan fingerprint density at radius 1 is 0.933 bits per heavy atom. The van der Waals surface area contributed by atoms with Gasteiger partial charge in [-0.15, -0.1) is 0 Å². The molecule has 5 rings (SSSR count). The van der Waals surface area contributed by atoms with Crippen molar-refractivity contribution in [2.75, 3.05) is 32.8 Å². The van der Waals surface area contributed by atoms with Crippen LogP contribution in [0, 0.1) is 5.82 Å². The highest BCUT2D eigenvalue weighted by atomic mass is 19.1. The molecule has 8 nitrogen and oxygen atoms in total. The maximum atomic E-state index is 14.5. The fourth-order valence-electron chi connectivity index (χ4n) is 6.19. The highest BCUT2D eigenvalue weighted by molar-refractivity contribution is 5.92. The Balaban J connectivity index is 1.36. The van der Waals surface area contributed by atoms with E-state index in [9.17, 15) is 18.8 Å². The van der Waals surface area contributed by atoms with Crippen LogP contribution < -0.4 is 10.1 Å². The van der Waals surface area contributed by atoms with Gasteiger partial charge in [0, 0.05) is 13.1 Å². The molecule has 0 saturated carbocycles.